The van der Waals surface area contributed by atoms with E-state index in [1.165, 1.54) is 30.2 Å². The number of ether oxygens (including phenoxy) is 1. The Morgan fingerprint density at radius 1 is 1.22 bits per heavy atom. The van der Waals surface area contributed by atoms with E-state index in [1.54, 1.807) is 4.68 Å². The number of carbonyl (C=O) groups excluding carboxylic acids is 1. The Kier molecular flexibility index (Phi) is 6.84. The third-order valence-electron chi connectivity index (χ3n) is 4.54. The SMILES string of the molecule is CCCCc1ccc(-n2nnnc2SCC(=O)N2CC(C)OC(C)C2)cc1. The van der Waals surface area contributed by atoms with E-state index in [0.29, 0.717) is 24.0 Å². The van der Waals surface area contributed by atoms with E-state index in [2.05, 4.69) is 34.6 Å². The van der Waals surface area contributed by atoms with E-state index in [0.717, 1.165) is 12.1 Å². The first kappa shape index (κ1) is 19.8. The predicted octanol–water partition coefficient (Wildman–Crippen LogP) is 2.73. The number of aryl methyl sites for hydroxylation is 1. The van der Waals surface area contributed by atoms with Gasteiger partial charge in [0.15, 0.2) is 0 Å². The van der Waals surface area contributed by atoms with Crippen LogP contribution in [-0.4, -0.2) is 62.1 Å². The summed E-state index contributed by atoms with van der Waals surface area (Å²) in [5.41, 5.74) is 2.22. The van der Waals surface area contributed by atoms with Gasteiger partial charge in [0.05, 0.1) is 23.6 Å². The van der Waals surface area contributed by atoms with E-state index in [1.807, 2.05) is 30.9 Å². The van der Waals surface area contributed by atoms with Gasteiger partial charge in [-0.2, -0.15) is 4.68 Å². The van der Waals surface area contributed by atoms with Crippen LogP contribution in [0.15, 0.2) is 29.4 Å². The van der Waals surface area contributed by atoms with Crippen molar-refractivity contribution in [2.45, 2.75) is 57.4 Å². The van der Waals surface area contributed by atoms with Crippen LogP contribution in [0.5, 0.6) is 0 Å². The normalized spacial score (nSPS) is 20.0. The Morgan fingerprint density at radius 3 is 2.59 bits per heavy atom. The summed E-state index contributed by atoms with van der Waals surface area (Å²) in [6, 6.07) is 8.28. The van der Waals surface area contributed by atoms with Crippen LogP contribution in [-0.2, 0) is 16.0 Å². The van der Waals surface area contributed by atoms with Crippen LogP contribution in [0.2, 0.25) is 0 Å². The molecule has 1 aromatic heterocycles. The zero-order valence-corrected chi connectivity index (χ0v) is 17.0. The lowest BCUT2D eigenvalue weighted by Gasteiger charge is -2.35. The maximum Gasteiger partial charge on any atom is 0.233 e. The number of hydrogen-bond donors (Lipinski definition) is 0. The average molecular weight is 390 g/mol. The van der Waals surface area contributed by atoms with E-state index in [-0.39, 0.29) is 18.1 Å². The lowest BCUT2D eigenvalue weighted by molar-refractivity contribution is -0.140. The highest BCUT2D eigenvalue weighted by atomic mass is 32.2. The summed E-state index contributed by atoms with van der Waals surface area (Å²) in [7, 11) is 0. The first-order valence-corrected chi connectivity index (χ1v) is 10.5. The van der Waals surface area contributed by atoms with Gasteiger partial charge in [0.25, 0.3) is 0 Å². The Bertz CT molecular complexity index is 739. The summed E-state index contributed by atoms with van der Waals surface area (Å²) < 4.78 is 7.38. The molecule has 2 aromatic rings. The monoisotopic (exact) mass is 389 g/mol. The fourth-order valence-corrected chi connectivity index (χ4v) is 4.01. The second-order valence-electron chi connectivity index (χ2n) is 6.99. The van der Waals surface area contributed by atoms with E-state index >= 15 is 0 Å². The summed E-state index contributed by atoms with van der Waals surface area (Å²) in [5, 5.41) is 12.6. The summed E-state index contributed by atoms with van der Waals surface area (Å²) in [4.78, 5) is 14.4. The molecule has 1 aliphatic rings. The molecule has 1 aliphatic heterocycles. The Morgan fingerprint density at radius 2 is 1.93 bits per heavy atom. The average Bonchev–Trinajstić information content (AvgIpc) is 3.12. The number of unbranched alkanes of at least 4 members (excludes halogenated alkanes) is 1. The van der Waals surface area contributed by atoms with Gasteiger partial charge < -0.3 is 9.64 Å². The maximum atomic E-state index is 12.5. The molecule has 8 heteroatoms. The van der Waals surface area contributed by atoms with E-state index in [4.69, 9.17) is 4.74 Å². The number of amides is 1. The number of morpholine rings is 1. The number of tetrazole rings is 1. The van der Waals surface area contributed by atoms with Gasteiger partial charge in [-0.15, -0.1) is 5.10 Å². The molecule has 0 radical (unpaired) electrons. The lowest BCUT2D eigenvalue weighted by atomic mass is 10.1. The summed E-state index contributed by atoms with van der Waals surface area (Å²) >= 11 is 1.37. The van der Waals surface area contributed by atoms with Crippen molar-refractivity contribution < 1.29 is 9.53 Å². The molecule has 1 saturated heterocycles. The highest BCUT2D eigenvalue weighted by molar-refractivity contribution is 7.99. The first-order valence-electron chi connectivity index (χ1n) is 9.50. The number of nitrogens with zero attached hydrogens (tertiary/aromatic N) is 5. The molecule has 0 N–H and O–H groups in total. The number of hydrogen-bond acceptors (Lipinski definition) is 6. The van der Waals surface area contributed by atoms with Crippen LogP contribution in [0.1, 0.15) is 39.2 Å². The summed E-state index contributed by atoms with van der Waals surface area (Å²) in [6.45, 7) is 7.45. The lowest BCUT2D eigenvalue weighted by Crippen LogP contribution is -2.48. The molecule has 7 nitrogen and oxygen atoms in total. The number of carbonyl (C=O) groups is 1. The summed E-state index contributed by atoms with van der Waals surface area (Å²) in [6.07, 6.45) is 3.59. The molecule has 2 atom stereocenters. The molecule has 0 spiro atoms. The fraction of sp³-hybridized carbons (Fsp3) is 0.579. The van der Waals surface area contributed by atoms with Gasteiger partial charge in [-0.1, -0.05) is 37.2 Å². The molecule has 0 aliphatic carbocycles. The molecule has 0 saturated carbocycles. The second-order valence-corrected chi connectivity index (χ2v) is 7.93. The third kappa shape index (κ3) is 5.29. The maximum absolute atomic E-state index is 12.5. The van der Waals surface area contributed by atoms with Crippen molar-refractivity contribution in [1.29, 1.82) is 0 Å². The van der Waals surface area contributed by atoms with Crippen molar-refractivity contribution in [2.75, 3.05) is 18.8 Å². The zero-order chi connectivity index (χ0) is 19.2. The van der Waals surface area contributed by atoms with Crippen LogP contribution in [0.3, 0.4) is 0 Å². The fourth-order valence-electron chi connectivity index (χ4n) is 3.21. The largest absolute Gasteiger partial charge is 0.372 e. The van der Waals surface area contributed by atoms with Crippen LogP contribution < -0.4 is 0 Å². The minimum atomic E-state index is 0.0687. The predicted molar refractivity (Wildman–Crippen MR) is 105 cm³/mol. The van der Waals surface area contributed by atoms with Gasteiger partial charge in [-0.05, 0) is 54.8 Å². The minimum Gasteiger partial charge on any atom is -0.372 e. The van der Waals surface area contributed by atoms with Crippen molar-refractivity contribution in [3.05, 3.63) is 29.8 Å². The number of benzene rings is 1. The van der Waals surface area contributed by atoms with Crippen molar-refractivity contribution in [3.63, 3.8) is 0 Å². The van der Waals surface area contributed by atoms with Gasteiger partial charge in [-0.3, -0.25) is 4.79 Å². The number of aromatic nitrogens is 4. The highest BCUT2D eigenvalue weighted by Gasteiger charge is 2.26. The molecule has 146 valence electrons. The number of rotatable bonds is 7. The highest BCUT2D eigenvalue weighted by Crippen LogP contribution is 2.20. The molecular weight excluding hydrogens is 362 g/mol. The van der Waals surface area contributed by atoms with Crippen LogP contribution >= 0.6 is 11.8 Å². The Balaban J connectivity index is 1.61. The van der Waals surface area contributed by atoms with Crippen molar-refractivity contribution >= 4 is 17.7 Å². The molecule has 3 rings (SSSR count). The van der Waals surface area contributed by atoms with Gasteiger partial charge in [0.2, 0.25) is 11.1 Å². The second kappa shape index (κ2) is 9.32. The van der Waals surface area contributed by atoms with Crippen molar-refractivity contribution in [1.82, 2.24) is 25.1 Å². The smallest absolute Gasteiger partial charge is 0.233 e. The van der Waals surface area contributed by atoms with E-state index < -0.39 is 0 Å². The third-order valence-corrected chi connectivity index (χ3v) is 5.44. The molecule has 27 heavy (non-hydrogen) atoms. The molecule has 0 bridgehead atoms. The Hall–Kier alpha value is -1.93. The van der Waals surface area contributed by atoms with Crippen LogP contribution in [0, 0.1) is 0 Å². The topological polar surface area (TPSA) is 73.1 Å². The van der Waals surface area contributed by atoms with Gasteiger partial charge in [-0.25, -0.2) is 0 Å². The summed E-state index contributed by atoms with van der Waals surface area (Å²) in [5.74, 6) is 0.403. The molecule has 2 unspecified atom stereocenters. The standard InChI is InChI=1S/C19H27N5O2S/c1-4-5-6-16-7-9-17(10-8-16)24-19(20-21-22-24)27-13-18(25)23-11-14(2)26-15(3)12-23/h7-10,14-15H,4-6,11-13H2,1-3H3. The van der Waals surface area contributed by atoms with Crippen molar-refractivity contribution in [3.8, 4) is 5.69 Å². The van der Waals surface area contributed by atoms with Gasteiger partial charge >= 0.3 is 0 Å². The van der Waals surface area contributed by atoms with Gasteiger partial charge in [0, 0.05) is 13.1 Å². The molecule has 1 amide bonds. The zero-order valence-electron chi connectivity index (χ0n) is 16.2. The first-order chi connectivity index (χ1) is 13.1. The molecular formula is C19H27N5O2S. The molecule has 1 aromatic carbocycles. The molecule has 2 heterocycles. The van der Waals surface area contributed by atoms with Crippen molar-refractivity contribution in [2.24, 2.45) is 0 Å². The van der Waals surface area contributed by atoms with Crippen LogP contribution in [0.4, 0.5) is 0 Å². The van der Waals surface area contributed by atoms with Gasteiger partial charge in [0.1, 0.15) is 0 Å². The minimum absolute atomic E-state index is 0.0687. The quantitative estimate of drug-likeness (QED) is 0.678. The Labute approximate surface area is 164 Å². The molecule has 1 fully saturated rings. The van der Waals surface area contributed by atoms with Crippen LogP contribution in [0.25, 0.3) is 5.69 Å². The number of thioether (sulfide) groups is 1. The van der Waals surface area contributed by atoms with E-state index in [9.17, 15) is 4.79 Å².